The van der Waals surface area contributed by atoms with Crippen LogP contribution in [0, 0.1) is 0 Å². The van der Waals surface area contributed by atoms with Crippen molar-refractivity contribution in [1.29, 1.82) is 0 Å². The summed E-state index contributed by atoms with van der Waals surface area (Å²) in [4.78, 5) is 8.14. The molecule has 2 aromatic rings. The zero-order valence-corrected chi connectivity index (χ0v) is 12.8. The molecule has 0 unspecified atom stereocenters. The highest BCUT2D eigenvalue weighted by Gasteiger charge is 2.13. The first kappa shape index (κ1) is 15.2. The molecule has 0 spiro atoms. The molecule has 1 N–H and O–H groups in total. The van der Waals surface area contributed by atoms with Crippen LogP contribution < -0.4 is 19.5 Å². The molecule has 0 fully saturated rings. The molecular formula is C14H16ClN3O3. The number of ether oxygens (including phenoxy) is 3. The molecule has 0 radical (unpaired) electrons. The Kier molecular flexibility index (Phi) is 5.05. The summed E-state index contributed by atoms with van der Waals surface area (Å²) >= 11 is 5.74. The molecule has 6 nitrogen and oxygen atoms in total. The summed E-state index contributed by atoms with van der Waals surface area (Å²) in [5.74, 6) is 2.26. The van der Waals surface area contributed by atoms with Gasteiger partial charge in [-0.1, -0.05) is 11.6 Å². The number of aromatic nitrogens is 2. The van der Waals surface area contributed by atoms with Gasteiger partial charge in [0.15, 0.2) is 11.5 Å². The van der Waals surface area contributed by atoms with Crippen molar-refractivity contribution in [3.63, 3.8) is 0 Å². The van der Waals surface area contributed by atoms with E-state index >= 15 is 0 Å². The fourth-order valence-corrected chi connectivity index (χ4v) is 1.92. The minimum absolute atomic E-state index is 0.494. The number of nitrogens with zero attached hydrogens (tertiary/aromatic N) is 2. The molecular weight excluding hydrogens is 294 g/mol. The van der Waals surface area contributed by atoms with Gasteiger partial charge >= 0.3 is 0 Å². The average molecular weight is 310 g/mol. The Balaban J connectivity index is 2.18. The van der Waals surface area contributed by atoms with E-state index in [2.05, 4.69) is 15.3 Å². The topological polar surface area (TPSA) is 65.5 Å². The third-order valence-electron chi connectivity index (χ3n) is 2.80. The van der Waals surface area contributed by atoms with Gasteiger partial charge in [0.2, 0.25) is 11.7 Å². The van der Waals surface area contributed by atoms with E-state index in [4.69, 9.17) is 25.8 Å². The van der Waals surface area contributed by atoms with E-state index in [1.807, 2.05) is 12.1 Å². The standard InChI is InChI=1S/C14H16ClN3O3/c1-19-11-4-9(5-12(20-2)13(11)21-3)6-16-14-17-7-10(15)8-18-14/h4-5,7-8H,6H2,1-3H3,(H,16,17,18). The molecule has 0 saturated carbocycles. The maximum absolute atomic E-state index is 5.74. The Bertz CT molecular complexity index is 580. The van der Waals surface area contributed by atoms with Crippen LogP contribution in [-0.4, -0.2) is 31.3 Å². The Morgan fingerprint density at radius 1 is 1.00 bits per heavy atom. The van der Waals surface area contributed by atoms with Gasteiger partial charge in [0, 0.05) is 6.54 Å². The fourth-order valence-electron chi connectivity index (χ4n) is 1.82. The van der Waals surface area contributed by atoms with Gasteiger partial charge < -0.3 is 19.5 Å². The first-order chi connectivity index (χ1) is 10.2. The second-order valence-corrected chi connectivity index (χ2v) is 4.55. The SMILES string of the molecule is COc1cc(CNc2ncc(Cl)cn2)cc(OC)c1OC. The number of anilines is 1. The van der Waals surface area contributed by atoms with Gasteiger partial charge in [-0.15, -0.1) is 0 Å². The van der Waals surface area contributed by atoms with Crippen molar-refractivity contribution in [2.45, 2.75) is 6.54 Å². The van der Waals surface area contributed by atoms with Crippen LogP contribution >= 0.6 is 11.6 Å². The molecule has 0 saturated heterocycles. The molecule has 1 heterocycles. The van der Waals surface area contributed by atoms with Crippen molar-refractivity contribution in [1.82, 2.24) is 9.97 Å². The zero-order valence-electron chi connectivity index (χ0n) is 12.0. The van der Waals surface area contributed by atoms with Gasteiger partial charge in [-0.25, -0.2) is 9.97 Å². The molecule has 1 aromatic carbocycles. The minimum Gasteiger partial charge on any atom is -0.493 e. The summed E-state index contributed by atoms with van der Waals surface area (Å²) in [7, 11) is 4.73. The largest absolute Gasteiger partial charge is 0.493 e. The fraction of sp³-hybridized carbons (Fsp3) is 0.286. The van der Waals surface area contributed by atoms with Crippen LogP contribution in [0.4, 0.5) is 5.95 Å². The van der Waals surface area contributed by atoms with Crippen LogP contribution in [0.3, 0.4) is 0 Å². The normalized spacial score (nSPS) is 10.1. The second kappa shape index (κ2) is 6.99. The van der Waals surface area contributed by atoms with Gasteiger partial charge in [-0.2, -0.15) is 0 Å². The van der Waals surface area contributed by atoms with Crippen LogP contribution in [0.15, 0.2) is 24.5 Å². The van der Waals surface area contributed by atoms with Crippen molar-refractivity contribution >= 4 is 17.5 Å². The molecule has 0 aliphatic heterocycles. The maximum atomic E-state index is 5.74. The Morgan fingerprint density at radius 2 is 1.57 bits per heavy atom. The molecule has 7 heteroatoms. The molecule has 0 aliphatic rings. The molecule has 0 amide bonds. The number of rotatable bonds is 6. The number of nitrogens with one attached hydrogen (secondary N) is 1. The highest BCUT2D eigenvalue weighted by Crippen LogP contribution is 2.38. The molecule has 112 valence electrons. The van der Waals surface area contributed by atoms with Crippen molar-refractivity contribution in [2.24, 2.45) is 0 Å². The van der Waals surface area contributed by atoms with E-state index in [0.717, 1.165) is 5.56 Å². The van der Waals surface area contributed by atoms with E-state index in [1.165, 1.54) is 12.4 Å². The van der Waals surface area contributed by atoms with Gasteiger partial charge in [0.05, 0.1) is 38.7 Å². The Hall–Kier alpha value is -2.21. The van der Waals surface area contributed by atoms with Crippen molar-refractivity contribution < 1.29 is 14.2 Å². The van der Waals surface area contributed by atoms with Crippen LogP contribution in [0.1, 0.15) is 5.56 Å². The first-order valence-electron chi connectivity index (χ1n) is 6.18. The maximum Gasteiger partial charge on any atom is 0.222 e. The van der Waals surface area contributed by atoms with Crippen LogP contribution in [0.2, 0.25) is 5.02 Å². The molecule has 0 bridgehead atoms. The summed E-state index contributed by atoms with van der Waals surface area (Å²) in [6.45, 7) is 0.512. The third-order valence-corrected chi connectivity index (χ3v) is 2.99. The summed E-state index contributed by atoms with van der Waals surface area (Å²) in [5, 5.41) is 3.59. The lowest BCUT2D eigenvalue weighted by molar-refractivity contribution is 0.324. The molecule has 21 heavy (non-hydrogen) atoms. The number of hydrogen-bond donors (Lipinski definition) is 1. The van der Waals surface area contributed by atoms with Gasteiger partial charge in [-0.05, 0) is 17.7 Å². The van der Waals surface area contributed by atoms with Crippen molar-refractivity contribution in [3.8, 4) is 17.2 Å². The van der Waals surface area contributed by atoms with Crippen molar-refractivity contribution in [3.05, 3.63) is 35.1 Å². The van der Waals surface area contributed by atoms with E-state index in [-0.39, 0.29) is 0 Å². The molecule has 0 atom stereocenters. The highest BCUT2D eigenvalue weighted by molar-refractivity contribution is 6.30. The third kappa shape index (κ3) is 3.66. The summed E-state index contributed by atoms with van der Waals surface area (Å²) in [6, 6.07) is 3.73. The van der Waals surface area contributed by atoms with Crippen LogP contribution in [-0.2, 0) is 6.54 Å². The lowest BCUT2D eigenvalue weighted by atomic mass is 10.2. The smallest absolute Gasteiger partial charge is 0.222 e. The molecule has 1 aromatic heterocycles. The van der Waals surface area contributed by atoms with Crippen LogP contribution in [0.5, 0.6) is 17.2 Å². The number of halogens is 1. The van der Waals surface area contributed by atoms with Gasteiger partial charge in [-0.3, -0.25) is 0 Å². The zero-order chi connectivity index (χ0) is 15.2. The average Bonchev–Trinajstić information content (AvgIpc) is 2.53. The number of methoxy groups -OCH3 is 3. The molecule has 2 rings (SSSR count). The molecule has 0 aliphatic carbocycles. The Morgan fingerprint density at radius 3 is 2.05 bits per heavy atom. The van der Waals surface area contributed by atoms with Crippen molar-refractivity contribution in [2.75, 3.05) is 26.6 Å². The Labute approximate surface area is 128 Å². The van der Waals surface area contributed by atoms with Crippen LogP contribution in [0.25, 0.3) is 0 Å². The second-order valence-electron chi connectivity index (χ2n) is 4.11. The van der Waals surface area contributed by atoms with E-state index in [1.54, 1.807) is 21.3 Å². The predicted molar refractivity (Wildman–Crippen MR) is 80.5 cm³/mol. The monoisotopic (exact) mass is 309 g/mol. The minimum atomic E-state index is 0.494. The quantitative estimate of drug-likeness (QED) is 0.885. The summed E-state index contributed by atoms with van der Waals surface area (Å²) in [6.07, 6.45) is 3.07. The lowest BCUT2D eigenvalue weighted by Crippen LogP contribution is -2.04. The van der Waals surface area contributed by atoms with Gasteiger partial charge in [0.25, 0.3) is 0 Å². The van der Waals surface area contributed by atoms with E-state index in [0.29, 0.717) is 34.8 Å². The summed E-state index contributed by atoms with van der Waals surface area (Å²) in [5.41, 5.74) is 0.947. The van der Waals surface area contributed by atoms with E-state index in [9.17, 15) is 0 Å². The first-order valence-corrected chi connectivity index (χ1v) is 6.56. The van der Waals surface area contributed by atoms with Gasteiger partial charge in [0.1, 0.15) is 0 Å². The predicted octanol–water partition coefficient (Wildman–Crippen LogP) is 2.77. The number of hydrogen-bond acceptors (Lipinski definition) is 6. The van der Waals surface area contributed by atoms with E-state index < -0.39 is 0 Å². The lowest BCUT2D eigenvalue weighted by Gasteiger charge is -2.14. The number of benzene rings is 1. The highest BCUT2D eigenvalue weighted by atomic mass is 35.5. The summed E-state index contributed by atoms with van der Waals surface area (Å²) < 4.78 is 15.9.